The van der Waals surface area contributed by atoms with E-state index in [1.807, 2.05) is 37.1 Å². The van der Waals surface area contributed by atoms with Gasteiger partial charge in [0, 0.05) is 58.4 Å². The second kappa shape index (κ2) is 9.36. The van der Waals surface area contributed by atoms with Crippen molar-refractivity contribution in [3.8, 4) is 22.6 Å². The van der Waals surface area contributed by atoms with Crippen LogP contribution in [0.1, 0.15) is 62.0 Å². The van der Waals surface area contributed by atoms with Crippen molar-refractivity contribution in [2.45, 2.75) is 71.4 Å². The van der Waals surface area contributed by atoms with E-state index in [4.69, 9.17) is 9.84 Å². The average Bonchev–Trinajstić information content (AvgIpc) is 3.60. The number of carbonyl (C=O) groups excluding carboxylic acids is 1. The van der Waals surface area contributed by atoms with Gasteiger partial charge in [0.15, 0.2) is 0 Å². The van der Waals surface area contributed by atoms with E-state index in [2.05, 4.69) is 40.2 Å². The van der Waals surface area contributed by atoms with Crippen LogP contribution in [0.5, 0.6) is 11.5 Å². The maximum Gasteiger partial charge on any atom is 0.230 e. The normalized spacial score (nSPS) is 20.3. The number of pyridine rings is 1. The first-order valence-corrected chi connectivity index (χ1v) is 13.4. The molecule has 7 nitrogen and oxygen atoms in total. The Kier molecular flexibility index (Phi) is 6.04. The summed E-state index contributed by atoms with van der Waals surface area (Å²) in [5.74, 6) is 2.05. The van der Waals surface area contributed by atoms with Gasteiger partial charge in [-0.1, -0.05) is 0 Å². The summed E-state index contributed by atoms with van der Waals surface area (Å²) in [5.41, 5.74) is 6.03. The molecule has 0 bridgehead atoms. The van der Waals surface area contributed by atoms with Gasteiger partial charge in [-0.15, -0.1) is 0 Å². The van der Waals surface area contributed by atoms with Crippen LogP contribution in [-0.2, 0) is 11.2 Å². The summed E-state index contributed by atoms with van der Waals surface area (Å²) in [5, 5.41) is 8.18. The zero-order chi connectivity index (χ0) is 24.8. The highest BCUT2D eigenvalue weighted by molar-refractivity contribution is 5.99. The molecule has 0 radical (unpaired) electrons. The molecule has 1 aliphatic carbocycles. The van der Waals surface area contributed by atoms with Gasteiger partial charge in [0.05, 0.1) is 17.9 Å². The number of fused-ring (bicyclic) bond motifs is 1. The van der Waals surface area contributed by atoms with E-state index < -0.39 is 0 Å². The molecule has 1 atom stereocenters. The minimum Gasteiger partial charge on any atom is -0.456 e. The molecule has 0 spiro atoms. The molecule has 4 heterocycles. The van der Waals surface area contributed by atoms with E-state index in [9.17, 15) is 4.79 Å². The number of aromatic nitrogens is 3. The Balaban J connectivity index is 1.45. The highest BCUT2D eigenvalue weighted by atomic mass is 16.5. The first kappa shape index (κ1) is 23.2. The van der Waals surface area contributed by atoms with Crippen LogP contribution in [-0.4, -0.2) is 39.8 Å². The Morgan fingerprint density at radius 2 is 1.81 bits per heavy atom. The summed E-state index contributed by atoms with van der Waals surface area (Å²) in [7, 11) is 0. The minimum absolute atomic E-state index is 0.177. The highest BCUT2D eigenvalue weighted by Gasteiger charge is 2.39. The second-order valence-electron chi connectivity index (χ2n) is 10.7. The number of carbonyl (C=O) groups is 1. The third-order valence-corrected chi connectivity index (χ3v) is 7.78. The van der Waals surface area contributed by atoms with Gasteiger partial charge in [-0.3, -0.25) is 14.5 Å². The zero-order valence-electron chi connectivity index (χ0n) is 21.5. The second-order valence-corrected chi connectivity index (χ2v) is 10.7. The molecule has 1 amide bonds. The van der Waals surface area contributed by atoms with Crippen LogP contribution in [0.2, 0.25) is 0 Å². The van der Waals surface area contributed by atoms with Gasteiger partial charge in [0.25, 0.3) is 0 Å². The largest absolute Gasteiger partial charge is 0.456 e. The lowest BCUT2D eigenvalue weighted by Crippen LogP contribution is -2.43. The Morgan fingerprint density at radius 1 is 1.06 bits per heavy atom. The van der Waals surface area contributed by atoms with Gasteiger partial charge < -0.3 is 15.0 Å². The number of aryl methyl sites for hydroxylation is 2. The van der Waals surface area contributed by atoms with E-state index in [1.165, 1.54) is 0 Å². The zero-order valence-corrected chi connectivity index (χ0v) is 21.5. The summed E-state index contributed by atoms with van der Waals surface area (Å²) in [6, 6.07) is 8.81. The van der Waals surface area contributed by atoms with Crippen LogP contribution < -0.4 is 15.0 Å². The first-order chi connectivity index (χ1) is 17.5. The highest BCUT2D eigenvalue weighted by Crippen LogP contribution is 2.46. The Bertz CT molecular complexity index is 1270. The SMILES string of the molecule is Cc1cc(Oc2c(-c3cnn(C4CCNCC4)c3)ccc3c2CC[C@H](C)N3C(=O)C2CC2)cc(C)n1. The fourth-order valence-electron chi connectivity index (χ4n) is 5.73. The molecule has 3 aromatic rings. The molecule has 1 saturated carbocycles. The predicted molar refractivity (Wildman–Crippen MR) is 141 cm³/mol. The molecule has 2 fully saturated rings. The molecule has 2 aliphatic heterocycles. The van der Waals surface area contributed by atoms with Crippen molar-refractivity contribution < 1.29 is 9.53 Å². The molecular weight excluding hydrogens is 450 g/mol. The van der Waals surface area contributed by atoms with E-state index >= 15 is 0 Å². The summed E-state index contributed by atoms with van der Waals surface area (Å²) >= 11 is 0. The molecule has 1 aromatic carbocycles. The lowest BCUT2D eigenvalue weighted by atomic mass is 9.92. The number of rotatable bonds is 5. The van der Waals surface area contributed by atoms with Crippen LogP contribution in [0.3, 0.4) is 0 Å². The standard InChI is InChI=1S/C29H35N5O2/c1-18-14-24(15-19(2)32-18)36-28-25(22-16-31-33(17-22)23-10-12-30-13-11-23)8-9-27-26(28)7-4-20(3)34(27)29(35)21-5-6-21/h8-9,14-17,20-21,23,30H,4-7,10-13H2,1-3H3/t20-/m0/s1. The van der Waals surface area contributed by atoms with Crippen LogP contribution in [0.4, 0.5) is 5.69 Å². The van der Waals surface area contributed by atoms with Crippen LogP contribution in [0.15, 0.2) is 36.7 Å². The molecule has 2 aromatic heterocycles. The maximum atomic E-state index is 13.3. The number of amides is 1. The van der Waals surface area contributed by atoms with Crippen molar-refractivity contribution in [2.24, 2.45) is 5.92 Å². The van der Waals surface area contributed by atoms with E-state index in [0.717, 1.165) is 96.9 Å². The van der Waals surface area contributed by atoms with Crippen molar-refractivity contribution in [3.05, 3.63) is 53.6 Å². The predicted octanol–water partition coefficient (Wildman–Crippen LogP) is 5.36. The van der Waals surface area contributed by atoms with Crippen molar-refractivity contribution in [1.29, 1.82) is 0 Å². The topological polar surface area (TPSA) is 72.3 Å². The lowest BCUT2D eigenvalue weighted by Gasteiger charge is -2.36. The number of ether oxygens (including phenoxy) is 1. The Labute approximate surface area is 212 Å². The van der Waals surface area contributed by atoms with Crippen LogP contribution >= 0.6 is 0 Å². The summed E-state index contributed by atoms with van der Waals surface area (Å²) in [4.78, 5) is 19.8. The van der Waals surface area contributed by atoms with Crippen LogP contribution in [0, 0.1) is 19.8 Å². The fourth-order valence-corrected chi connectivity index (χ4v) is 5.73. The van der Waals surface area contributed by atoms with Gasteiger partial charge in [-0.2, -0.15) is 5.10 Å². The summed E-state index contributed by atoms with van der Waals surface area (Å²) < 4.78 is 8.81. The molecule has 188 valence electrons. The third kappa shape index (κ3) is 4.41. The van der Waals surface area contributed by atoms with Gasteiger partial charge in [-0.25, -0.2) is 0 Å². The molecular formula is C29H35N5O2. The lowest BCUT2D eigenvalue weighted by molar-refractivity contribution is -0.120. The number of hydrogen-bond acceptors (Lipinski definition) is 5. The number of benzene rings is 1. The summed E-state index contributed by atoms with van der Waals surface area (Å²) in [6.45, 7) is 8.19. The molecule has 1 saturated heterocycles. The Hall–Kier alpha value is -3.19. The number of hydrogen-bond donors (Lipinski definition) is 1. The average molecular weight is 486 g/mol. The molecule has 36 heavy (non-hydrogen) atoms. The Morgan fingerprint density at radius 3 is 2.53 bits per heavy atom. The first-order valence-electron chi connectivity index (χ1n) is 13.4. The number of piperidine rings is 1. The van der Waals surface area contributed by atoms with E-state index in [-0.39, 0.29) is 17.9 Å². The maximum absolute atomic E-state index is 13.3. The van der Waals surface area contributed by atoms with Crippen molar-refractivity contribution in [1.82, 2.24) is 20.1 Å². The van der Waals surface area contributed by atoms with Crippen LogP contribution in [0.25, 0.3) is 11.1 Å². The molecule has 0 unspecified atom stereocenters. The molecule has 3 aliphatic rings. The van der Waals surface area contributed by atoms with Gasteiger partial charge in [-0.05, 0) is 84.5 Å². The van der Waals surface area contributed by atoms with E-state index in [1.54, 1.807) is 0 Å². The van der Waals surface area contributed by atoms with Gasteiger partial charge in [0.2, 0.25) is 5.91 Å². The van der Waals surface area contributed by atoms with Crippen molar-refractivity contribution >= 4 is 11.6 Å². The summed E-state index contributed by atoms with van der Waals surface area (Å²) in [6.07, 6.45) is 10.1. The van der Waals surface area contributed by atoms with E-state index in [0.29, 0.717) is 6.04 Å². The number of nitrogens with one attached hydrogen (secondary N) is 1. The monoisotopic (exact) mass is 485 g/mol. The fraction of sp³-hybridized carbons (Fsp3) is 0.483. The molecule has 6 rings (SSSR count). The van der Waals surface area contributed by atoms with Gasteiger partial charge >= 0.3 is 0 Å². The number of nitrogens with zero attached hydrogens (tertiary/aromatic N) is 4. The molecule has 7 heteroatoms. The van der Waals surface area contributed by atoms with Gasteiger partial charge in [0.1, 0.15) is 11.5 Å². The quantitative estimate of drug-likeness (QED) is 0.527. The minimum atomic E-state index is 0.177. The van der Waals surface area contributed by atoms with Crippen molar-refractivity contribution in [2.75, 3.05) is 18.0 Å². The number of anilines is 1. The third-order valence-electron chi connectivity index (χ3n) is 7.78. The smallest absolute Gasteiger partial charge is 0.230 e. The molecule has 1 N–H and O–H groups in total. The van der Waals surface area contributed by atoms with Crippen molar-refractivity contribution in [3.63, 3.8) is 0 Å².